The number of benzene rings is 1. The van der Waals surface area contributed by atoms with Gasteiger partial charge in [-0.15, -0.1) is 0 Å². The van der Waals surface area contributed by atoms with E-state index in [9.17, 15) is 4.39 Å². The Bertz CT molecular complexity index is 478. The van der Waals surface area contributed by atoms with Crippen molar-refractivity contribution in [2.75, 3.05) is 20.6 Å². The van der Waals surface area contributed by atoms with Gasteiger partial charge >= 0.3 is 0 Å². The minimum absolute atomic E-state index is 0.107. The molecule has 0 spiro atoms. The van der Waals surface area contributed by atoms with Gasteiger partial charge in [0.2, 0.25) is 0 Å². The van der Waals surface area contributed by atoms with Crippen LogP contribution in [0.5, 0.6) is 0 Å². The summed E-state index contributed by atoms with van der Waals surface area (Å²) in [5.41, 5.74) is 2.81. The molecule has 0 aromatic heterocycles. The van der Waals surface area contributed by atoms with Crippen LogP contribution in [-0.4, -0.2) is 31.1 Å². The molecule has 0 radical (unpaired) electrons. The molecule has 3 rings (SSSR count). The summed E-state index contributed by atoms with van der Waals surface area (Å²) < 4.78 is 13.3. The van der Waals surface area contributed by atoms with Gasteiger partial charge in [0, 0.05) is 18.1 Å². The summed E-state index contributed by atoms with van der Waals surface area (Å²) in [5.74, 6) is -0.107. The number of likely N-dealkylation sites (N-methyl/N-ethyl adjacent to an activating group) is 1. The first-order valence-corrected chi connectivity index (χ1v) is 7.80. The van der Waals surface area contributed by atoms with Crippen molar-refractivity contribution < 1.29 is 4.39 Å². The first kappa shape index (κ1) is 14.0. The Morgan fingerprint density at radius 1 is 1.30 bits per heavy atom. The van der Waals surface area contributed by atoms with Crippen LogP contribution in [0.1, 0.15) is 49.3 Å². The monoisotopic (exact) mass is 276 g/mol. The third-order valence-electron chi connectivity index (χ3n) is 5.34. The molecule has 1 saturated carbocycles. The molecule has 1 N–H and O–H groups in total. The highest BCUT2D eigenvalue weighted by Gasteiger charge is 2.36. The maximum absolute atomic E-state index is 13.3. The quantitative estimate of drug-likeness (QED) is 0.908. The SMILES string of the molecule is CN(C)C1(CNC2CCc3cc(F)ccc32)CCCC1. The normalized spacial score (nSPS) is 24.3. The van der Waals surface area contributed by atoms with Crippen LogP contribution < -0.4 is 5.32 Å². The lowest BCUT2D eigenvalue weighted by Crippen LogP contribution is -2.50. The fourth-order valence-corrected chi connectivity index (χ4v) is 3.93. The maximum atomic E-state index is 13.3. The number of rotatable bonds is 4. The molecule has 0 saturated heterocycles. The van der Waals surface area contributed by atoms with Crippen molar-refractivity contribution >= 4 is 0 Å². The molecule has 0 amide bonds. The van der Waals surface area contributed by atoms with Gasteiger partial charge in [0.25, 0.3) is 0 Å². The lowest BCUT2D eigenvalue weighted by atomic mass is 9.95. The zero-order valence-corrected chi connectivity index (χ0v) is 12.6. The van der Waals surface area contributed by atoms with Gasteiger partial charge in [0.1, 0.15) is 5.82 Å². The van der Waals surface area contributed by atoms with Crippen LogP contribution in [0.25, 0.3) is 0 Å². The predicted octanol–water partition coefficient (Wildman–Crippen LogP) is 3.28. The van der Waals surface area contributed by atoms with Crippen molar-refractivity contribution in [3.63, 3.8) is 0 Å². The average Bonchev–Trinajstić information content (AvgIpc) is 3.03. The molecule has 2 aliphatic carbocycles. The van der Waals surface area contributed by atoms with Crippen LogP contribution in [0.3, 0.4) is 0 Å². The Morgan fingerprint density at radius 3 is 2.75 bits per heavy atom. The molecule has 2 aliphatic rings. The van der Waals surface area contributed by atoms with E-state index in [-0.39, 0.29) is 5.82 Å². The Balaban J connectivity index is 1.68. The van der Waals surface area contributed by atoms with Gasteiger partial charge in [-0.1, -0.05) is 18.9 Å². The van der Waals surface area contributed by atoms with Gasteiger partial charge in [-0.3, -0.25) is 0 Å². The molecule has 1 aromatic carbocycles. The number of halogens is 1. The highest BCUT2D eigenvalue weighted by atomic mass is 19.1. The van der Waals surface area contributed by atoms with E-state index < -0.39 is 0 Å². The molecule has 1 aromatic rings. The van der Waals surface area contributed by atoms with E-state index >= 15 is 0 Å². The summed E-state index contributed by atoms with van der Waals surface area (Å²) in [5, 5.41) is 3.76. The third kappa shape index (κ3) is 2.49. The summed E-state index contributed by atoms with van der Waals surface area (Å²) >= 11 is 0. The van der Waals surface area contributed by atoms with Crippen molar-refractivity contribution in [3.05, 3.63) is 35.1 Å². The van der Waals surface area contributed by atoms with E-state index in [4.69, 9.17) is 0 Å². The minimum atomic E-state index is -0.107. The lowest BCUT2D eigenvalue weighted by Gasteiger charge is -2.37. The van der Waals surface area contributed by atoms with Crippen LogP contribution in [-0.2, 0) is 6.42 Å². The summed E-state index contributed by atoms with van der Waals surface area (Å²) in [6.07, 6.45) is 7.35. The summed E-state index contributed by atoms with van der Waals surface area (Å²) in [6.45, 7) is 1.04. The van der Waals surface area contributed by atoms with E-state index in [1.165, 1.54) is 36.8 Å². The molecule has 0 heterocycles. The number of nitrogens with one attached hydrogen (secondary N) is 1. The molecule has 1 atom stereocenters. The van der Waals surface area contributed by atoms with Gasteiger partial charge < -0.3 is 10.2 Å². The van der Waals surface area contributed by atoms with E-state index in [1.54, 1.807) is 12.1 Å². The molecule has 0 aliphatic heterocycles. The molecule has 3 heteroatoms. The van der Waals surface area contributed by atoms with Gasteiger partial charge in [-0.05, 0) is 63.0 Å². The Hall–Kier alpha value is -0.930. The Kier molecular flexibility index (Phi) is 3.83. The fraction of sp³-hybridized carbons (Fsp3) is 0.647. The van der Waals surface area contributed by atoms with E-state index in [2.05, 4.69) is 24.3 Å². The van der Waals surface area contributed by atoms with E-state index in [0.29, 0.717) is 11.6 Å². The maximum Gasteiger partial charge on any atom is 0.123 e. The van der Waals surface area contributed by atoms with Crippen LogP contribution >= 0.6 is 0 Å². The molecular formula is C17H25FN2. The van der Waals surface area contributed by atoms with Gasteiger partial charge in [0.05, 0.1) is 0 Å². The number of fused-ring (bicyclic) bond motifs is 1. The third-order valence-corrected chi connectivity index (χ3v) is 5.34. The highest BCUT2D eigenvalue weighted by Crippen LogP contribution is 2.36. The predicted molar refractivity (Wildman–Crippen MR) is 80.4 cm³/mol. The Labute approximate surface area is 121 Å². The van der Waals surface area contributed by atoms with Crippen molar-refractivity contribution in [1.29, 1.82) is 0 Å². The second-order valence-electron chi connectivity index (χ2n) is 6.64. The molecular weight excluding hydrogens is 251 g/mol. The summed E-state index contributed by atoms with van der Waals surface area (Å²) in [6, 6.07) is 5.67. The van der Waals surface area contributed by atoms with Crippen LogP contribution in [0.2, 0.25) is 0 Å². The fourth-order valence-electron chi connectivity index (χ4n) is 3.93. The van der Waals surface area contributed by atoms with Crippen molar-refractivity contribution in [2.24, 2.45) is 0 Å². The number of hydrogen-bond donors (Lipinski definition) is 1. The second-order valence-corrected chi connectivity index (χ2v) is 6.64. The van der Waals surface area contributed by atoms with Crippen molar-refractivity contribution in [1.82, 2.24) is 10.2 Å². The number of nitrogens with zero attached hydrogens (tertiary/aromatic N) is 1. The molecule has 1 unspecified atom stereocenters. The smallest absolute Gasteiger partial charge is 0.123 e. The van der Waals surface area contributed by atoms with Crippen LogP contribution in [0, 0.1) is 5.82 Å². The second kappa shape index (κ2) is 5.45. The van der Waals surface area contributed by atoms with Gasteiger partial charge in [-0.2, -0.15) is 0 Å². The van der Waals surface area contributed by atoms with Crippen LogP contribution in [0.15, 0.2) is 18.2 Å². The van der Waals surface area contributed by atoms with Crippen LogP contribution in [0.4, 0.5) is 4.39 Å². The number of aryl methyl sites for hydroxylation is 1. The van der Waals surface area contributed by atoms with Gasteiger partial charge in [-0.25, -0.2) is 4.39 Å². The zero-order valence-electron chi connectivity index (χ0n) is 12.6. The number of hydrogen-bond acceptors (Lipinski definition) is 2. The largest absolute Gasteiger partial charge is 0.308 e. The van der Waals surface area contributed by atoms with Gasteiger partial charge in [0.15, 0.2) is 0 Å². The first-order chi connectivity index (χ1) is 9.61. The molecule has 0 bridgehead atoms. The minimum Gasteiger partial charge on any atom is -0.308 e. The van der Waals surface area contributed by atoms with Crippen molar-refractivity contribution in [3.8, 4) is 0 Å². The average molecular weight is 276 g/mol. The topological polar surface area (TPSA) is 15.3 Å². The highest BCUT2D eigenvalue weighted by molar-refractivity contribution is 5.35. The zero-order chi connectivity index (χ0) is 14.2. The standard InChI is InChI=1S/C17H25FN2/c1-20(2)17(9-3-4-10-17)12-19-16-8-5-13-11-14(18)6-7-15(13)16/h6-7,11,16,19H,3-5,8-10,12H2,1-2H3. The molecule has 1 fully saturated rings. The van der Waals surface area contributed by atoms with E-state index in [1.807, 2.05) is 6.07 Å². The summed E-state index contributed by atoms with van der Waals surface area (Å²) in [7, 11) is 4.40. The molecule has 110 valence electrons. The Morgan fingerprint density at radius 2 is 2.05 bits per heavy atom. The first-order valence-electron chi connectivity index (χ1n) is 7.80. The molecule has 2 nitrogen and oxygen atoms in total. The molecule has 20 heavy (non-hydrogen) atoms. The van der Waals surface area contributed by atoms with Crippen molar-refractivity contribution in [2.45, 2.75) is 50.1 Å². The van der Waals surface area contributed by atoms with E-state index in [0.717, 1.165) is 19.4 Å². The lowest BCUT2D eigenvalue weighted by molar-refractivity contribution is 0.149. The summed E-state index contributed by atoms with van der Waals surface area (Å²) in [4.78, 5) is 2.40.